The van der Waals surface area contributed by atoms with Gasteiger partial charge in [0, 0.05) is 18.4 Å². The van der Waals surface area contributed by atoms with Gasteiger partial charge in [0.25, 0.3) is 0 Å². The largest absolute Gasteiger partial charge is 0.493 e. The summed E-state index contributed by atoms with van der Waals surface area (Å²) < 4.78 is 34.3. The van der Waals surface area contributed by atoms with Crippen LogP contribution in [0, 0.1) is 12.8 Å². The smallest absolute Gasteiger partial charge is 0.227 e. The number of aryl methyl sites for hydroxylation is 1. The Balaban J connectivity index is 2.05. The van der Waals surface area contributed by atoms with Gasteiger partial charge in [0.1, 0.15) is 0 Å². The maximum Gasteiger partial charge on any atom is 0.227 e. The number of hydrogen-bond donors (Lipinski definition) is 0. The van der Waals surface area contributed by atoms with Crippen molar-refractivity contribution in [3.63, 3.8) is 0 Å². The molecule has 0 saturated carbocycles. The maximum atomic E-state index is 12.4. The third-order valence-electron chi connectivity index (χ3n) is 4.44. The number of fused-ring (bicyclic) bond motifs is 1. The number of rotatable bonds is 3. The lowest BCUT2D eigenvalue weighted by molar-refractivity contribution is -0.117. The van der Waals surface area contributed by atoms with Crippen LogP contribution >= 0.6 is 0 Å². The summed E-state index contributed by atoms with van der Waals surface area (Å²) >= 11 is 0. The Hall–Kier alpha value is -1.76. The Morgan fingerprint density at radius 2 is 1.77 bits per heavy atom. The number of hydrogen-bond acceptors (Lipinski definition) is 5. The summed E-state index contributed by atoms with van der Waals surface area (Å²) in [7, 11) is 0.0254. The number of carbonyl (C=O) groups excluding carboxylic acids is 1. The number of benzene rings is 1. The zero-order valence-corrected chi connectivity index (χ0v) is 13.6. The molecule has 0 aliphatic carbocycles. The molecule has 0 aromatic heterocycles. The van der Waals surface area contributed by atoms with Gasteiger partial charge in [-0.2, -0.15) is 0 Å². The van der Waals surface area contributed by atoms with Crippen LogP contribution in [0.2, 0.25) is 0 Å². The summed E-state index contributed by atoms with van der Waals surface area (Å²) in [6.07, 6.45) is 0.289. The molecule has 2 heterocycles. The van der Waals surface area contributed by atoms with E-state index in [9.17, 15) is 13.2 Å². The minimum Gasteiger partial charge on any atom is -0.493 e. The molecule has 1 aromatic carbocycles. The van der Waals surface area contributed by atoms with Crippen molar-refractivity contribution in [2.24, 2.45) is 5.92 Å². The Morgan fingerprint density at radius 3 is 2.41 bits per heavy atom. The van der Waals surface area contributed by atoms with Gasteiger partial charge in [0.2, 0.25) is 5.91 Å². The molecule has 0 spiro atoms. The van der Waals surface area contributed by atoms with Gasteiger partial charge in [-0.05, 0) is 18.6 Å². The van der Waals surface area contributed by atoms with Gasteiger partial charge < -0.3 is 14.4 Å². The van der Waals surface area contributed by atoms with E-state index in [2.05, 4.69) is 0 Å². The predicted molar refractivity (Wildman–Crippen MR) is 82.3 cm³/mol. The van der Waals surface area contributed by atoms with Crippen LogP contribution < -0.4 is 14.4 Å². The molecule has 2 aliphatic heterocycles. The molecule has 3 rings (SSSR count). The molecular weight excluding hydrogens is 306 g/mol. The molecule has 0 unspecified atom stereocenters. The van der Waals surface area contributed by atoms with Crippen molar-refractivity contribution < 1.29 is 22.7 Å². The molecule has 1 amide bonds. The highest BCUT2D eigenvalue weighted by Gasteiger charge is 2.49. The van der Waals surface area contributed by atoms with E-state index in [-0.39, 0.29) is 35.8 Å². The summed E-state index contributed by atoms with van der Waals surface area (Å²) in [6, 6.07) is 3.28. The number of amides is 1. The summed E-state index contributed by atoms with van der Waals surface area (Å²) in [6.45, 7) is 1.88. The molecule has 120 valence electrons. The van der Waals surface area contributed by atoms with Crippen LogP contribution in [-0.2, 0) is 14.6 Å². The normalized spacial score (nSPS) is 26.1. The van der Waals surface area contributed by atoms with E-state index in [1.807, 2.05) is 6.92 Å². The first-order valence-electron chi connectivity index (χ1n) is 7.11. The van der Waals surface area contributed by atoms with Gasteiger partial charge in [-0.3, -0.25) is 4.79 Å². The quantitative estimate of drug-likeness (QED) is 0.834. The van der Waals surface area contributed by atoms with Gasteiger partial charge in [0.05, 0.1) is 37.5 Å². The molecule has 0 bridgehead atoms. The predicted octanol–water partition coefficient (Wildman–Crippen LogP) is 1.16. The number of sulfone groups is 1. The van der Waals surface area contributed by atoms with Gasteiger partial charge in [-0.1, -0.05) is 0 Å². The molecule has 2 aliphatic rings. The molecule has 7 heteroatoms. The van der Waals surface area contributed by atoms with Crippen molar-refractivity contribution >= 4 is 21.4 Å². The SMILES string of the molecule is COc1cc(C)c(N2C(=O)C[C@@H]3CS(=O)(=O)C[C@H]32)cc1OC. The van der Waals surface area contributed by atoms with Crippen LogP contribution in [0.5, 0.6) is 11.5 Å². The first-order chi connectivity index (χ1) is 10.4. The maximum absolute atomic E-state index is 12.4. The zero-order chi connectivity index (χ0) is 16.1. The fourth-order valence-corrected chi connectivity index (χ4v) is 5.50. The Morgan fingerprint density at radius 1 is 1.14 bits per heavy atom. The molecule has 0 radical (unpaired) electrons. The average Bonchev–Trinajstić information content (AvgIpc) is 2.89. The number of anilines is 1. The third kappa shape index (κ3) is 2.33. The van der Waals surface area contributed by atoms with Crippen molar-refractivity contribution in [1.29, 1.82) is 0 Å². The molecule has 6 nitrogen and oxygen atoms in total. The van der Waals surface area contributed by atoms with Crippen LogP contribution in [0.25, 0.3) is 0 Å². The molecular formula is C15H19NO5S. The molecule has 2 atom stereocenters. The molecule has 1 aromatic rings. The summed E-state index contributed by atoms with van der Waals surface area (Å²) in [5.74, 6) is 1.13. The first-order valence-corrected chi connectivity index (χ1v) is 8.93. The number of methoxy groups -OCH3 is 2. The van der Waals surface area contributed by atoms with Crippen molar-refractivity contribution in [1.82, 2.24) is 0 Å². The van der Waals surface area contributed by atoms with E-state index in [1.54, 1.807) is 24.1 Å². The third-order valence-corrected chi connectivity index (χ3v) is 6.22. The van der Waals surface area contributed by atoms with E-state index in [0.717, 1.165) is 5.56 Å². The van der Waals surface area contributed by atoms with Gasteiger partial charge >= 0.3 is 0 Å². The van der Waals surface area contributed by atoms with E-state index in [1.165, 1.54) is 7.11 Å². The Kier molecular flexibility index (Phi) is 3.55. The van der Waals surface area contributed by atoms with Crippen molar-refractivity contribution in [2.45, 2.75) is 19.4 Å². The van der Waals surface area contributed by atoms with Crippen LogP contribution in [0.3, 0.4) is 0 Å². The van der Waals surface area contributed by atoms with E-state index < -0.39 is 9.84 Å². The highest BCUT2D eigenvalue weighted by atomic mass is 32.2. The topological polar surface area (TPSA) is 72.9 Å². The molecule has 22 heavy (non-hydrogen) atoms. The Labute approximate surface area is 129 Å². The number of carbonyl (C=O) groups is 1. The second-order valence-electron chi connectivity index (χ2n) is 5.87. The van der Waals surface area contributed by atoms with Crippen molar-refractivity contribution in [3.8, 4) is 11.5 Å². The van der Waals surface area contributed by atoms with E-state index in [4.69, 9.17) is 9.47 Å². The lowest BCUT2D eigenvalue weighted by Gasteiger charge is -2.26. The average molecular weight is 325 g/mol. The van der Waals surface area contributed by atoms with Gasteiger partial charge in [-0.15, -0.1) is 0 Å². The van der Waals surface area contributed by atoms with Crippen LogP contribution in [0.1, 0.15) is 12.0 Å². The van der Waals surface area contributed by atoms with Crippen LogP contribution in [0.15, 0.2) is 12.1 Å². The van der Waals surface area contributed by atoms with Crippen molar-refractivity contribution in [3.05, 3.63) is 17.7 Å². The van der Waals surface area contributed by atoms with E-state index >= 15 is 0 Å². The second kappa shape index (κ2) is 5.15. The summed E-state index contributed by atoms with van der Waals surface area (Å²) in [4.78, 5) is 14.0. The second-order valence-corrected chi connectivity index (χ2v) is 8.02. The first kappa shape index (κ1) is 15.1. The fourth-order valence-electron chi connectivity index (χ4n) is 3.43. The summed E-state index contributed by atoms with van der Waals surface area (Å²) in [5.41, 5.74) is 1.56. The highest BCUT2D eigenvalue weighted by molar-refractivity contribution is 7.91. The lowest BCUT2D eigenvalue weighted by atomic mass is 10.0. The zero-order valence-electron chi connectivity index (χ0n) is 12.8. The summed E-state index contributed by atoms with van der Waals surface area (Å²) in [5, 5.41) is 0. The van der Waals surface area contributed by atoms with Gasteiger partial charge in [0.15, 0.2) is 21.3 Å². The van der Waals surface area contributed by atoms with Crippen LogP contribution in [0.4, 0.5) is 5.69 Å². The molecule has 0 N–H and O–H groups in total. The van der Waals surface area contributed by atoms with Crippen LogP contribution in [-0.4, -0.2) is 46.1 Å². The van der Waals surface area contributed by atoms with Gasteiger partial charge in [-0.25, -0.2) is 8.42 Å². The Bertz CT molecular complexity index is 728. The number of nitrogens with zero attached hydrogens (tertiary/aromatic N) is 1. The molecule has 2 fully saturated rings. The highest BCUT2D eigenvalue weighted by Crippen LogP contribution is 2.41. The van der Waals surface area contributed by atoms with Crippen molar-refractivity contribution in [2.75, 3.05) is 30.6 Å². The fraction of sp³-hybridized carbons (Fsp3) is 0.533. The number of ether oxygens (including phenoxy) is 2. The minimum absolute atomic E-state index is 0.0276. The lowest BCUT2D eigenvalue weighted by Crippen LogP contribution is -2.36. The standard InChI is InChI=1S/C15H19NO5S/c1-9-4-13(20-2)14(21-3)6-11(9)16-12-8-22(18,19)7-10(12)5-15(16)17/h4,6,10,12H,5,7-8H2,1-3H3/t10-,12-/m1/s1. The monoisotopic (exact) mass is 325 g/mol. The van der Waals surface area contributed by atoms with E-state index in [0.29, 0.717) is 17.2 Å². The minimum atomic E-state index is -3.06. The molecule has 2 saturated heterocycles.